The van der Waals surface area contributed by atoms with Gasteiger partial charge >= 0.3 is 5.56 Å². The van der Waals surface area contributed by atoms with Crippen LogP contribution in [0.1, 0.15) is 13.3 Å². The van der Waals surface area contributed by atoms with E-state index < -0.39 is 5.56 Å². The number of anilines is 1. The van der Waals surface area contributed by atoms with Crippen molar-refractivity contribution in [2.24, 2.45) is 0 Å². The number of imidazole rings is 1. The number of hydrogen-bond acceptors (Lipinski definition) is 5. The van der Waals surface area contributed by atoms with Crippen molar-refractivity contribution in [2.75, 3.05) is 5.73 Å². The minimum absolute atomic E-state index is 0.178. The number of nitrogens with one attached hydrogen (secondary N) is 1. The van der Waals surface area contributed by atoms with Crippen LogP contribution in [0, 0.1) is 0 Å². The van der Waals surface area contributed by atoms with Gasteiger partial charge in [-0.3, -0.25) is 9.36 Å². The second-order valence-electron chi connectivity index (χ2n) is 4.19. The molecular weight excluding hydrogens is 246 g/mol. The summed E-state index contributed by atoms with van der Waals surface area (Å²) in [4.78, 5) is 23.0. The smallest absolute Gasteiger partial charge is 0.300 e. The third-order valence-electron chi connectivity index (χ3n) is 2.85. The molecule has 0 aliphatic carbocycles. The van der Waals surface area contributed by atoms with Crippen LogP contribution in [0.25, 0.3) is 22.7 Å². The number of fused-ring (bicyclic) bond motifs is 1. The molecule has 3 heterocycles. The van der Waals surface area contributed by atoms with E-state index in [4.69, 9.17) is 10.2 Å². The monoisotopic (exact) mass is 259 g/mol. The number of nitrogens with zero attached hydrogens (tertiary/aromatic N) is 3. The lowest BCUT2D eigenvalue weighted by molar-refractivity contribution is 0.578. The van der Waals surface area contributed by atoms with Crippen LogP contribution in [0.3, 0.4) is 0 Å². The molecule has 0 aromatic carbocycles. The van der Waals surface area contributed by atoms with E-state index >= 15 is 0 Å². The Morgan fingerprint density at radius 1 is 1.47 bits per heavy atom. The van der Waals surface area contributed by atoms with Gasteiger partial charge in [0.1, 0.15) is 0 Å². The molecule has 7 heteroatoms. The molecule has 0 spiro atoms. The van der Waals surface area contributed by atoms with Gasteiger partial charge in [-0.1, -0.05) is 6.92 Å². The summed E-state index contributed by atoms with van der Waals surface area (Å²) in [5.74, 6) is 1.24. The number of nitrogen functional groups attached to an aromatic ring is 1. The maximum absolute atomic E-state index is 11.8. The Morgan fingerprint density at radius 3 is 3.00 bits per heavy atom. The first-order valence-corrected chi connectivity index (χ1v) is 6.00. The largest absolute Gasteiger partial charge is 0.461 e. The number of aromatic nitrogens is 4. The van der Waals surface area contributed by atoms with Gasteiger partial charge in [0, 0.05) is 6.54 Å². The van der Waals surface area contributed by atoms with Gasteiger partial charge in [0.25, 0.3) is 0 Å². The first-order valence-electron chi connectivity index (χ1n) is 6.00. The van der Waals surface area contributed by atoms with Crippen LogP contribution in [0.4, 0.5) is 5.95 Å². The molecule has 98 valence electrons. The average molecular weight is 259 g/mol. The maximum atomic E-state index is 11.8. The van der Waals surface area contributed by atoms with Crippen LogP contribution in [0.5, 0.6) is 0 Å². The molecule has 0 fully saturated rings. The highest BCUT2D eigenvalue weighted by Crippen LogP contribution is 2.20. The van der Waals surface area contributed by atoms with E-state index in [1.54, 1.807) is 23.0 Å². The molecule has 0 aliphatic rings. The van der Waals surface area contributed by atoms with E-state index in [2.05, 4.69) is 15.0 Å². The molecule has 0 atom stereocenters. The van der Waals surface area contributed by atoms with Crippen molar-refractivity contribution in [3.8, 4) is 11.6 Å². The number of aromatic amines is 1. The molecule has 0 radical (unpaired) electrons. The summed E-state index contributed by atoms with van der Waals surface area (Å²) in [7, 11) is 0. The Bertz CT molecular complexity index is 769. The summed E-state index contributed by atoms with van der Waals surface area (Å²) in [6.45, 7) is 2.67. The summed E-state index contributed by atoms with van der Waals surface area (Å²) >= 11 is 0. The molecule has 3 rings (SSSR count). The molecule has 0 saturated heterocycles. The Kier molecular flexibility index (Phi) is 2.59. The number of rotatable bonds is 3. The van der Waals surface area contributed by atoms with Crippen LogP contribution in [-0.2, 0) is 6.54 Å². The fourth-order valence-corrected chi connectivity index (χ4v) is 2.01. The predicted octanol–water partition coefficient (Wildman–Crippen LogP) is 1.37. The molecule has 0 saturated carbocycles. The molecule has 0 amide bonds. The van der Waals surface area contributed by atoms with Crippen molar-refractivity contribution < 1.29 is 4.42 Å². The minimum Gasteiger partial charge on any atom is -0.461 e. The summed E-state index contributed by atoms with van der Waals surface area (Å²) < 4.78 is 6.98. The summed E-state index contributed by atoms with van der Waals surface area (Å²) in [6, 6.07) is 3.52. The van der Waals surface area contributed by atoms with Crippen LogP contribution in [0.15, 0.2) is 27.6 Å². The lowest BCUT2D eigenvalue weighted by Crippen LogP contribution is -2.18. The normalized spacial score (nSPS) is 11.2. The van der Waals surface area contributed by atoms with Crippen molar-refractivity contribution >= 4 is 17.1 Å². The number of H-pyrrole nitrogens is 1. The Morgan fingerprint density at radius 2 is 2.32 bits per heavy atom. The Balaban J connectivity index is 2.29. The summed E-state index contributed by atoms with van der Waals surface area (Å²) in [5, 5.41) is 0. The SMILES string of the molecule is CCCn1c(N)nc(=O)c2[nH]c(-c3ccco3)nc21. The molecule has 7 nitrogen and oxygen atoms in total. The van der Waals surface area contributed by atoms with Crippen LogP contribution in [0.2, 0.25) is 0 Å². The second kappa shape index (κ2) is 4.27. The molecule has 0 unspecified atom stereocenters. The van der Waals surface area contributed by atoms with Crippen LogP contribution >= 0.6 is 0 Å². The van der Waals surface area contributed by atoms with E-state index in [9.17, 15) is 4.79 Å². The van der Waals surface area contributed by atoms with Gasteiger partial charge in [-0.15, -0.1) is 0 Å². The van der Waals surface area contributed by atoms with Crippen LogP contribution < -0.4 is 11.3 Å². The zero-order valence-corrected chi connectivity index (χ0v) is 10.4. The minimum atomic E-state index is -0.412. The molecule has 3 aromatic heterocycles. The van der Waals surface area contributed by atoms with E-state index in [-0.39, 0.29) is 5.95 Å². The van der Waals surface area contributed by atoms with Gasteiger partial charge in [0.15, 0.2) is 22.7 Å². The highest BCUT2D eigenvalue weighted by atomic mass is 16.3. The first kappa shape index (κ1) is 11.5. The third-order valence-corrected chi connectivity index (χ3v) is 2.85. The molecule has 0 bridgehead atoms. The predicted molar refractivity (Wildman–Crippen MR) is 70.6 cm³/mol. The Labute approximate surface area is 108 Å². The average Bonchev–Trinajstić information content (AvgIpc) is 3.02. The topological polar surface area (TPSA) is 103 Å². The van der Waals surface area contributed by atoms with Gasteiger partial charge in [-0.05, 0) is 18.6 Å². The van der Waals surface area contributed by atoms with Crippen molar-refractivity contribution in [3.05, 3.63) is 28.7 Å². The fourth-order valence-electron chi connectivity index (χ4n) is 2.01. The van der Waals surface area contributed by atoms with Gasteiger partial charge in [0.05, 0.1) is 6.26 Å². The van der Waals surface area contributed by atoms with E-state index in [1.165, 1.54) is 0 Å². The van der Waals surface area contributed by atoms with E-state index in [0.717, 1.165) is 6.42 Å². The number of aryl methyl sites for hydroxylation is 1. The van der Waals surface area contributed by atoms with Crippen molar-refractivity contribution in [2.45, 2.75) is 19.9 Å². The molecule has 19 heavy (non-hydrogen) atoms. The quantitative estimate of drug-likeness (QED) is 0.739. The van der Waals surface area contributed by atoms with Gasteiger partial charge in [-0.2, -0.15) is 4.98 Å². The zero-order chi connectivity index (χ0) is 13.4. The first-order chi connectivity index (χ1) is 9.20. The Hall–Kier alpha value is -2.57. The van der Waals surface area contributed by atoms with E-state index in [0.29, 0.717) is 29.3 Å². The van der Waals surface area contributed by atoms with E-state index in [1.807, 2.05) is 6.92 Å². The maximum Gasteiger partial charge on any atom is 0.300 e. The number of furan rings is 1. The highest BCUT2D eigenvalue weighted by molar-refractivity contribution is 5.75. The van der Waals surface area contributed by atoms with Crippen molar-refractivity contribution in [3.63, 3.8) is 0 Å². The molecule has 3 aromatic rings. The van der Waals surface area contributed by atoms with Crippen molar-refractivity contribution in [1.82, 2.24) is 19.5 Å². The third kappa shape index (κ3) is 1.79. The van der Waals surface area contributed by atoms with Crippen LogP contribution in [-0.4, -0.2) is 19.5 Å². The number of hydrogen-bond donors (Lipinski definition) is 2. The lowest BCUT2D eigenvalue weighted by atomic mass is 10.4. The number of nitrogens with two attached hydrogens (primary N) is 1. The van der Waals surface area contributed by atoms with Gasteiger partial charge < -0.3 is 15.1 Å². The summed E-state index contributed by atoms with van der Waals surface area (Å²) in [5.41, 5.74) is 6.21. The summed E-state index contributed by atoms with van der Waals surface area (Å²) in [6.07, 6.45) is 2.42. The lowest BCUT2D eigenvalue weighted by Gasteiger charge is -2.07. The van der Waals surface area contributed by atoms with Gasteiger partial charge in [0.2, 0.25) is 5.95 Å². The highest BCUT2D eigenvalue weighted by Gasteiger charge is 2.15. The molecular formula is C12H13N5O2. The van der Waals surface area contributed by atoms with Crippen molar-refractivity contribution in [1.29, 1.82) is 0 Å². The molecule has 0 aliphatic heterocycles. The molecule has 3 N–H and O–H groups in total. The fraction of sp³-hybridized carbons (Fsp3) is 0.250. The standard InChI is InChI=1S/C12H13N5O2/c1-2-5-17-10-8(11(18)16-12(17)13)14-9(15-10)7-4-3-6-19-7/h3-4,6H,2,5H2,1H3,(H,14,15)(H2,13,16,18). The van der Waals surface area contributed by atoms with Gasteiger partial charge in [-0.25, -0.2) is 4.98 Å². The second-order valence-corrected chi connectivity index (χ2v) is 4.19. The zero-order valence-electron chi connectivity index (χ0n) is 10.4.